The summed E-state index contributed by atoms with van der Waals surface area (Å²) in [7, 11) is 1.76. The van der Waals surface area contributed by atoms with Crippen LogP contribution in [0.15, 0.2) is 41.1 Å². The average Bonchev–Trinajstić information content (AvgIpc) is 2.44. The van der Waals surface area contributed by atoms with Crippen LogP contribution in [-0.2, 0) is 6.61 Å². The number of pyridine rings is 1. The second kappa shape index (κ2) is 6.33. The highest BCUT2D eigenvalue weighted by molar-refractivity contribution is 9.10. The molecule has 0 fully saturated rings. The molecule has 2 rings (SSSR count). The average molecular weight is 338 g/mol. The van der Waals surface area contributed by atoms with Crippen molar-refractivity contribution in [2.24, 2.45) is 0 Å². The lowest BCUT2D eigenvalue weighted by Crippen LogP contribution is -2.02. The molecule has 0 aliphatic heterocycles. The number of aromatic nitrogens is 1. The molecule has 20 heavy (non-hydrogen) atoms. The Morgan fingerprint density at radius 3 is 2.85 bits per heavy atom. The molecule has 0 saturated carbocycles. The lowest BCUT2D eigenvalue weighted by molar-refractivity contribution is -0.384. The summed E-state index contributed by atoms with van der Waals surface area (Å²) >= 11 is 3.30. The van der Waals surface area contributed by atoms with Gasteiger partial charge in [-0.2, -0.15) is 0 Å². The van der Waals surface area contributed by atoms with E-state index in [0.717, 1.165) is 10.2 Å². The Kier molecular flexibility index (Phi) is 4.52. The first kappa shape index (κ1) is 14.3. The monoisotopic (exact) mass is 337 g/mol. The van der Waals surface area contributed by atoms with E-state index in [4.69, 9.17) is 4.74 Å². The van der Waals surface area contributed by atoms with Gasteiger partial charge in [-0.05, 0) is 28.1 Å². The second-order valence-electron chi connectivity index (χ2n) is 3.98. The van der Waals surface area contributed by atoms with E-state index in [1.807, 2.05) is 0 Å². The van der Waals surface area contributed by atoms with E-state index in [2.05, 4.69) is 26.2 Å². The lowest BCUT2D eigenvalue weighted by Gasteiger charge is -2.10. The zero-order valence-electron chi connectivity index (χ0n) is 10.7. The van der Waals surface area contributed by atoms with Gasteiger partial charge < -0.3 is 10.1 Å². The van der Waals surface area contributed by atoms with Crippen LogP contribution in [0.4, 0.5) is 11.4 Å². The molecule has 0 radical (unpaired) electrons. The molecular formula is C13H12BrN3O3. The maximum Gasteiger partial charge on any atom is 0.269 e. The van der Waals surface area contributed by atoms with Crippen molar-refractivity contribution in [3.63, 3.8) is 0 Å². The number of benzene rings is 1. The third-order valence-electron chi connectivity index (χ3n) is 2.64. The SMILES string of the molecule is CNc1ccc([N+](=O)[O-])cc1COc1cncc(Br)c1. The zero-order chi connectivity index (χ0) is 14.5. The number of nitrogens with one attached hydrogen (secondary N) is 1. The van der Waals surface area contributed by atoms with Gasteiger partial charge in [0.05, 0.1) is 11.1 Å². The van der Waals surface area contributed by atoms with Gasteiger partial charge in [0.2, 0.25) is 0 Å². The van der Waals surface area contributed by atoms with Crippen LogP contribution in [0.2, 0.25) is 0 Å². The van der Waals surface area contributed by atoms with E-state index in [1.165, 1.54) is 12.1 Å². The Balaban J connectivity index is 2.19. The summed E-state index contributed by atoms with van der Waals surface area (Å²) in [6.07, 6.45) is 3.24. The summed E-state index contributed by atoms with van der Waals surface area (Å²) < 4.78 is 6.40. The summed E-state index contributed by atoms with van der Waals surface area (Å²) in [6, 6.07) is 6.40. The summed E-state index contributed by atoms with van der Waals surface area (Å²) in [5.41, 5.74) is 1.54. The topological polar surface area (TPSA) is 77.3 Å². The van der Waals surface area contributed by atoms with Crippen molar-refractivity contribution in [2.75, 3.05) is 12.4 Å². The molecule has 2 aromatic rings. The number of nitro groups is 1. The van der Waals surface area contributed by atoms with Crippen LogP contribution >= 0.6 is 15.9 Å². The van der Waals surface area contributed by atoms with Crippen LogP contribution < -0.4 is 10.1 Å². The smallest absolute Gasteiger partial charge is 0.269 e. The van der Waals surface area contributed by atoms with Crippen LogP contribution in [0, 0.1) is 10.1 Å². The van der Waals surface area contributed by atoms with Crippen molar-refractivity contribution in [2.45, 2.75) is 6.61 Å². The Bertz CT molecular complexity index is 634. The normalized spacial score (nSPS) is 10.1. The van der Waals surface area contributed by atoms with Gasteiger partial charge in [0.25, 0.3) is 5.69 Å². The number of hydrogen-bond acceptors (Lipinski definition) is 5. The van der Waals surface area contributed by atoms with Crippen molar-refractivity contribution in [3.05, 3.63) is 56.8 Å². The molecule has 0 spiro atoms. The number of nitrogens with zero attached hydrogens (tertiary/aromatic N) is 2. The summed E-state index contributed by atoms with van der Waals surface area (Å²) in [5, 5.41) is 13.8. The lowest BCUT2D eigenvalue weighted by atomic mass is 10.1. The largest absolute Gasteiger partial charge is 0.487 e. The fourth-order valence-corrected chi connectivity index (χ4v) is 2.03. The number of non-ortho nitro benzene ring substituents is 1. The van der Waals surface area contributed by atoms with E-state index in [9.17, 15) is 10.1 Å². The standard InChI is InChI=1S/C13H12BrN3O3/c1-15-13-3-2-11(17(18)19)4-9(13)8-20-12-5-10(14)6-16-7-12/h2-7,15H,8H2,1H3. The Hall–Kier alpha value is -2.15. The molecule has 6 nitrogen and oxygen atoms in total. The first-order valence-electron chi connectivity index (χ1n) is 5.78. The molecule has 104 valence electrons. The van der Waals surface area contributed by atoms with Gasteiger partial charge in [-0.25, -0.2) is 0 Å². The molecule has 0 atom stereocenters. The molecule has 7 heteroatoms. The molecule has 1 N–H and O–H groups in total. The third-order valence-corrected chi connectivity index (χ3v) is 3.08. The van der Waals surface area contributed by atoms with E-state index in [0.29, 0.717) is 11.3 Å². The summed E-state index contributed by atoms with van der Waals surface area (Å²) in [4.78, 5) is 14.4. The molecule has 1 aromatic carbocycles. The van der Waals surface area contributed by atoms with Gasteiger partial charge >= 0.3 is 0 Å². The van der Waals surface area contributed by atoms with Crippen molar-refractivity contribution in [1.29, 1.82) is 0 Å². The predicted molar refractivity (Wildman–Crippen MR) is 78.9 cm³/mol. The second-order valence-corrected chi connectivity index (χ2v) is 4.89. The van der Waals surface area contributed by atoms with Gasteiger partial charge in [0, 0.05) is 41.1 Å². The number of rotatable bonds is 5. The molecule has 0 amide bonds. The molecule has 0 bridgehead atoms. The van der Waals surface area contributed by atoms with Gasteiger partial charge in [-0.15, -0.1) is 0 Å². The molecule has 1 aromatic heterocycles. The van der Waals surface area contributed by atoms with Gasteiger partial charge in [-0.1, -0.05) is 0 Å². The molecular weight excluding hydrogens is 326 g/mol. The van der Waals surface area contributed by atoms with Crippen LogP contribution in [0.25, 0.3) is 0 Å². The molecule has 0 unspecified atom stereocenters. The molecule has 0 aliphatic rings. The quantitative estimate of drug-likeness (QED) is 0.668. The van der Waals surface area contributed by atoms with Crippen molar-refractivity contribution >= 4 is 27.3 Å². The van der Waals surface area contributed by atoms with Gasteiger partial charge in [0.1, 0.15) is 12.4 Å². The van der Waals surface area contributed by atoms with Crippen LogP contribution in [0.3, 0.4) is 0 Å². The summed E-state index contributed by atoms with van der Waals surface area (Å²) in [6.45, 7) is 0.218. The Morgan fingerprint density at radius 1 is 1.40 bits per heavy atom. The zero-order valence-corrected chi connectivity index (χ0v) is 12.3. The fraction of sp³-hybridized carbons (Fsp3) is 0.154. The van der Waals surface area contributed by atoms with E-state index >= 15 is 0 Å². The van der Waals surface area contributed by atoms with E-state index in [1.54, 1.807) is 31.6 Å². The number of hydrogen-bond donors (Lipinski definition) is 1. The summed E-state index contributed by atoms with van der Waals surface area (Å²) in [5.74, 6) is 0.591. The number of anilines is 1. The Morgan fingerprint density at radius 2 is 2.20 bits per heavy atom. The highest BCUT2D eigenvalue weighted by atomic mass is 79.9. The molecule has 0 aliphatic carbocycles. The van der Waals surface area contributed by atoms with Crippen molar-refractivity contribution < 1.29 is 9.66 Å². The van der Waals surface area contributed by atoms with Crippen molar-refractivity contribution in [3.8, 4) is 5.75 Å². The maximum absolute atomic E-state index is 10.8. The first-order chi connectivity index (χ1) is 9.60. The number of ether oxygens (including phenoxy) is 1. The highest BCUT2D eigenvalue weighted by Crippen LogP contribution is 2.24. The predicted octanol–water partition coefficient (Wildman–Crippen LogP) is 3.37. The van der Waals surface area contributed by atoms with Crippen LogP contribution in [0.1, 0.15) is 5.56 Å². The number of nitro benzene ring substituents is 1. The van der Waals surface area contributed by atoms with E-state index < -0.39 is 4.92 Å². The first-order valence-corrected chi connectivity index (χ1v) is 6.58. The van der Waals surface area contributed by atoms with Gasteiger partial charge in [-0.3, -0.25) is 15.1 Å². The maximum atomic E-state index is 10.8. The minimum Gasteiger partial charge on any atom is -0.487 e. The van der Waals surface area contributed by atoms with Crippen molar-refractivity contribution in [1.82, 2.24) is 4.98 Å². The molecule has 0 saturated heterocycles. The Labute approximate surface area is 124 Å². The van der Waals surface area contributed by atoms with Crippen LogP contribution in [-0.4, -0.2) is 17.0 Å². The van der Waals surface area contributed by atoms with Gasteiger partial charge in [0.15, 0.2) is 0 Å². The minimum atomic E-state index is -0.427. The van der Waals surface area contributed by atoms with E-state index in [-0.39, 0.29) is 12.3 Å². The highest BCUT2D eigenvalue weighted by Gasteiger charge is 2.10. The molecule has 1 heterocycles. The van der Waals surface area contributed by atoms with Crippen LogP contribution in [0.5, 0.6) is 5.75 Å². The third kappa shape index (κ3) is 3.45. The number of halogens is 1. The minimum absolute atomic E-state index is 0.0370. The fourth-order valence-electron chi connectivity index (χ4n) is 1.69.